The first kappa shape index (κ1) is 39.8. The van der Waals surface area contributed by atoms with Crippen LogP contribution in [0.5, 0.6) is 11.5 Å². The number of benzene rings is 3. The third-order valence-corrected chi connectivity index (χ3v) is 13.1. The number of hydrogen-bond donors (Lipinski definition) is 2. The van der Waals surface area contributed by atoms with E-state index in [4.69, 9.17) is 32.7 Å². The smallest absolute Gasteiger partial charge is 0.417 e. The normalized spacial score (nSPS) is 26.5. The first-order chi connectivity index (χ1) is 28.7. The Morgan fingerprint density at radius 1 is 0.900 bits per heavy atom. The van der Waals surface area contributed by atoms with Crippen LogP contribution in [0.2, 0.25) is 10.0 Å². The van der Waals surface area contributed by atoms with Crippen molar-refractivity contribution in [1.82, 2.24) is 9.99 Å². The van der Waals surface area contributed by atoms with Gasteiger partial charge in [0.2, 0.25) is 11.8 Å². The summed E-state index contributed by atoms with van der Waals surface area (Å²) in [6.07, 6.45) is -2.36. The van der Waals surface area contributed by atoms with E-state index in [1.54, 1.807) is 42.5 Å². The molecule has 5 aliphatic rings. The molecule has 3 aromatic carbocycles. The maximum absolute atomic E-state index is 15.4. The number of rotatable bonds is 7. The predicted molar refractivity (Wildman–Crippen MR) is 213 cm³/mol. The number of hydrazine groups is 1. The lowest BCUT2D eigenvalue weighted by molar-refractivity contribution is -0.139. The number of fused-ring (bicyclic) bond motifs is 4. The summed E-state index contributed by atoms with van der Waals surface area (Å²) in [6.45, 7) is 2.57. The molecule has 4 aromatic rings. The van der Waals surface area contributed by atoms with E-state index in [0.29, 0.717) is 71.2 Å². The number of phenols is 1. The number of imide groups is 2. The van der Waals surface area contributed by atoms with Crippen LogP contribution in [0.15, 0.2) is 90.6 Å². The molecule has 3 aliphatic heterocycles. The van der Waals surface area contributed by atoms with Crippen molar-refractivity contribution in [2.45, 2.75) is 30.4 Å². The number of nitrogens with one attached hydrogen (secondary N) is 1. The summed E-state index contributed by atoms with van der Waals surface area (Å²) in [6, 6.07) is 18.7. The highest BCUT2D eigenvalue weighted by atomic mass is 35.5. The molecule has 17 heteroatoms. The van der Waals surface area contributed by atoms with Gasteiger partial charge in [-0.3, -0.25) is 29.5 Å². The Balaban J connectivity index is 1.17. The van der Waals surface area contributed by atoms with Crippen LogP contribution >= 0.6 is 23.2 Å². The number of aromatic hydroxyl groups is 1. The number of allylic oxidation sites excluding steroid dienone is 2. The zero-order chi connectivity index (χ0) is 42.2. The van der Waals surface area contributed by atoms with Crippen molar-refractivity contribution in [2.24, 2.45) is 23.7 Å². The highest BCUT2D eigenvalue weighted by Gasteiger charge is 2.71. The lowest BCUT2D eigenvalue weighted by Crippen LogP contribution is -2.53. The number of nitrogens with zero attached hydrogens (tertiary/aromatic N) is 4. The number of halogens is 5. The fourth-order valence-corrected chi connectivity index (χ4v) is 10.2. The summed E-state index contributed by atoms with van der Waals surface area (Å²) in [5, 5.41) is 12.2. The number of ether oxygens (including phenoxy) is 2. The number of hydrogen-bond acceptors (Lipinski definition) is 10. The molecule has 2 aliphatic carbocycles. The zero-order valence-corrected chi connectivity index (χ0v) is 33.3. The fourth-order valence-electron chi connectivity index (χ4n) is 9.91. The summed E-state index contributed by atoms with van der Waals surface area (Å²) < 4.78 is 51.7. The Morgan fingerprint density at radius 2 is 1.60 bits per heavy atom. The monoisotopic (exact) mass is 861 g/mol. The van der Waals surface area contributed by atoms with Gasteiger partial charge < -0.3 is 19.5 Å². The van der Waals surface area contributed by atoms with Gasteiger partial charge in [0.25, 0.3) is 11.8 Å². The summed E-state index contributed by atoms with van der Waals surface area (Å²) in [7, 11) is 1.43. The van der Waals surface area contributed by atoms with Crippen LogP contribution in [0.3, 0.4) is 0 Å². The van der Waals surface area contributed by atoms with Crippen LogP contribution < -0.4 is 20.0 Å². The van der Waals surface area contributed by atoms with E-state index >= 15 is 4.79 Å². The molecule has 0 radical (unpaired) electrons. The summed E-state index contributed by atoms with van der Waals surface area (Å²) >= 11 is 12.6. The number of amides is 4. The number of aromatic nitrogens is 1. The second-order valence-electron chi connectivity index (χ2n) is 15.5. The first-order valence-corrected chi connectivity index (χ1v) is 20.0. The van der Waals surface area contributed by atoms with Crippen LogP contribution in [0.1, 0.15) is 35.4 Å². The summed E-state index contributed by atoms with van der Waals surface area (Å²) in [4.78, 5) is 66.6. The molecule has 310 valence electrons. The van der Waals surface area contributed by atoms with Crippen molar-refractivity contribution in [2.75, 3.05) is 48.6 Å². The second kappa shape index (κ2) is 14.8. The minimum absolute atomic E-state index is 0.0867. The van der Waals surface area contributed by atoms with Crippen LogP contribution in [-0.2, 0) is 35.5 Å². The first-order valence-electron chi connectivity index (χ1n) is 19.2. The maximum Gasteiger partial charge on any atom is 0.417 e. The van der Waals surface area contributed by atoms with Gasteiger partial charge in [-0.1, -0.05) is 47.0 Å². The number of carbonyl (C=O) groups is 4. The molecule has 1 saturated carbocycles. The van der Waals surface area contributed by atoms with E-state index in [-0.39, 0.29) is 30.0 Å². The number of anilines is 3. The lowest BCUT2D eigenvalue weighted by atomic mass is 9.49. The molecule has 0 spiro atoms. The van der Waals surface area contributed by atoms with Crippen LogP contribution in [0.25, 0.3) is 0 Å². The molecule has 0 unspecified atom stereocenters. The Morgan fingerprint density at radius 3 is 2.27 bits per heavy atom. The number of pyridine rings is 1. The van der Waals surface area contributed by atoms with E-state index in [2.05, 4.69) is 15.3 Å². The van der Waals surface area contributed by atoms with E-state index < -0.39 is 75.4 Å². The lowest BCUT2D eigenvalue weighted by Gasteiger charge is -2.50. The minimum atomic E-state index is -4.77. The third kappa shape index (κ3) is 6.19. The second-order valence-corrected chi connectivity index (χ2v) is 16.3. The number of carbonyl (C=O) groups excluding carboxylic acids is 4. The van der Waals surface area contributed by atoms with Crippen molar-refractivity contribution < 1.29 is 46.9 Å². The van der Waals surface area contributed by atoms with Crippen LogP contribution in [0.4, 0.5) is 30.4 Å². The average molecular weight is 863 g/mol. The van der Waals surface area contributed by atoms with Gasteiger partial charge in [0, 0.05) is 41.5 Å². The van der Waals surface area contributed by atoms with E-state index in [9.17, 15) is 32.7 Å². The largest absolute Gasteiger partial charge is 0.508 e. The number of methoxy groups -OCH3 is 1. The van der Waals surface area contributed by atoms with Gasteiger partial charge in [0.05, 0.1) is 59.8 Å². The highest BCUT2D eigenvalue weighted by Crippen LogP contribution is 2.65. The van der Waals surface area contributed by atoms with Gasteiger partial charge in [-0.2, -0.15) is 18.2 Å². The molecular formula is C43H36Cl2F3N5O7. The zero-order valence-electron chi connectivity index (χ0n) is 31.8. The average Bonchev–Trinajstić information content (AvgIpc) is 3.62. The Kier molecular flexibility index (Phi) is 9.83. The van der Waals surface area contributed by atoms with Crippen LogP contribution in [0, 0.1) is 23.7 Å². The van der Waals surface area contributed by atoms with Gasteiger partial charge in [0.1, 0.15) is 11.5 Å². The SMILES string of the molecule is COc1ccc(O)c([C@H]2C3=CC[C@@H]4C(=O)N(c5ccc(N6CCOCC6)cc5)C(=O)[C@@H]4[C@@H]3C[C@H]3C(=O)N(Nc4ncc(C(F)(F)F)cc4Cl)C(=O)[C@@]23c2ccc(Cl)cc2)c1. The Bertz CT molecular complexity index is 2460. The maximum atomic E-state index is 15.4. The third-order valence-electron chi connectivity index (χ3n) is 12.6. The van der Waals surface area contributed by atoms with Crippen molar-refractivity contribution in [3.05, 3.63) is 117 Å². The molecule has 3 saturated heterocycles. The Labute approximate surface area is 351 Å². The fraction of sp³-hybridized carbons (Fsp3) is 0.326. The predicted octanol–water partition coefficient (Wildman–Crippen LogP) is 7.15. The molecule has 6 atom stereocenters. The molecule has 60 heavy (non-hydrogen) atoms. The summed E-state index contributed by atoms with van der Waals surface area (Å²) in [5.41, 5.74) is 2.07. The minimum Gasteiger partial charge on any atom is -0.508 e. The molecule has 0 bridgehead atoms. The topological polar surface area (TPSA) is 142 Å². The van der Waals surface area contributed by atoms with Gasteiger partial charge in [-0.15, -0.1) is 0 Å². The number of alkyl halides is 3. The summed E-state index contributed by atoms with van der Waals surface area (Å²) in [5.74, 6) is -7.64. The number of morpholine rings is 1. The van der Waals surface area contributed by atoms with Crippen LogP contribution in [-0.4, -0.2) is 72.1 Å². The van der Waals surface area contributed by atoms with Crippen molar-refractivity contribution in [3.8, 4) is 11.5 Å². The highest BCUT2D eigenvalue weighted by molar-refractivity contribution is 6.33. The molecule has 4 heterocycles. The van der Waals surface area contributed by atoms with E-state index in [1.165, 1.54) is 24.1 Å². The van der Waals surface area contributed by atoms with Crippen molar-refractivity contribution in [1.29, 1.82) is 0 Å². The van der Waals surface area contributed by atoms with Gasteiger partial charge in [0.15, 0.2) is 5.82 Å². The number of phenolic OH excluding ortho intramolecular Hbond substituents is 1. The molecular weight excluding hydrogens is 826 g/mol. The molecule has 9 rings (SSSR count). The standard InChI is InChI=1S/C43H36Cl2F3N5O7/c1-59-27-10-13-34(54)31(19-27)36-28-11-12-29-35(40(57)52(38(29)55)26-8-6-25(7-9-26)51-14-16-60-17-15-51)30(28)20-32-39(56)53(41(58)42(32,36)22-2-4-24(44)5-3-22)50-37-33(45)18-23(21-49-37)43(46,47)48/h2-11,13,18-19,21,29-30,32,35-36,54H,12,14-17,20H2,1H3,(H,49,50)/t29-,30+,32-,35-,36+,42+/m0/s1. The molecule has 2 N–H and O–H groups in total. The molecule has 4 amide bonds. The molecule has 4 fully saturated rings. The van der Waals surface area contributed by atoms with E-state index in [1.807, 2.05) is 18.2 Å². The van der Waals surface area contributed by atoms with Gasteiger partial charge in [-0.25, -0.2) is 4.98 Å². The van der Waals surface area contributed by atoms with Crippen molar-refractivity contribution in [3.63, 3.8) is 0 Å². The molecule has 1 aromatic heterocycles. The van der Waals surface area contributed by atoms with E-state index in [0.717, 1.165) is 5.69 Å². The Hall–Kier alpha value is -5.64. The van der Waals surface area contributed by atoms with Crippen molar-refractivity contribution >= 4 is 64.0 Å². The quantitative estimate of drug-likeness (QED) is 0.146. The van der Waals surface area contributed by atoms with Gasteiger partial charge in [-0.05, 0) is 85.0 Å². The van der Waals surface area contributed by atoms with Gasteiger partial charge >= 0.3 is 6.18 Å². The molecule has 12 nitrogen and oxygen atoms in total.